The van der Waals surface area contributed by atoms with E-state index in [1.807, 2.05) is 7.05 Å². The van der Waals surface area contributed by atoms with Gasteiger partial charge in [0, 0.05) is 7.05 Å². The third kappa shape index (κ3) is 3.17. The second kappa shape index (κ2) is 6.52. The molecule has 1 atom stereocenters. The van der Waals surface area contributed by atoms with E-state index < -0.39 is 0 Å². The molecule has 0 fully saturated rings. The van der Waals surface area contributed by atoms with E-state index in [2.05, 4.69) is 41.6 Å². The molecule has 0 aliphatic rings. The first kappa shape index (κ1) is 14.5. The lowest BCUT2D eigenvalue weighted by Gasteiger charge is -2.16. The zero-order valence-electron chi connectivity index (χ0n) is 12.3. The molecule has 0 aliphatic carbocycles. The van der Waals surface area contributed by atoms with E-state index in [1.165, 1.54) is 20.4 Å². The summed E-state index contributed by atoms with van der Waals surface area (Å²) in [6.45, 7) is 2.71. The molecule has 2 aromatic rings. The van der Waals surface area contributed by atoms with Crippen molar-refractivity contribution >= 4 is 0 Å². The van der Waals surface area contributed by atoms with Crippen molar-refractivity contribution in [2.45, 2.75) is 32.4 Å². The van der Waals surface area contributed by atoms with Gasteiger partial charge in [-0.15, -0.1) is 0 Å². The maximum absolute atomic E-state index is 11.8. The summed E-state index contributed by atoms with van der Waals surface area (Å²) in [6.07, 6.45) is 3.79. The lowest BCUT2D eigenvalue weighted by Crippen LogP contribution is -2.30. The lowest BCUT2D eigenvalue weighted by molar-refractivity contribution is 0.455. The molecule has 0 saturated carbocycles. The third-order valence-corrected chi connectivity index (χ3v) is 3.51. The SMILES string of the molecule is CCCc1ccc(C(Cn2ncn(C)c2=O)NC)cc1. The van der Waals surface area contributed by atoms with Crippen molar-refractivity contribution in [3.8, 4) is 0 Å². The fraction of sp³-hybridized carbons (Fsp3) is 0.467. The molecule has 0 amide bonds. The van der Waals surface area contributed by atoms with Gasteiger partial charge in [-0.3, -0.25) is 4.57 Å². The topological polar surface area (TPSA) is 51.9 Å². The molecule has 0 saturated heterocycles. The summed E-state index contributed by atoms with van der Waals surface area (Å²) in [5, 5.41) is 7.35. The fourth-order valence-electron chi connectivity index (χ4n) is 2.29. The van der Waals surface area contributed by atoms with Crippen LogP contribution in [0.25, 0.3) is 0 Å². The molecule has 0 aliphatic heterocycles. The number of benzene rings is 1. The largest absolute Gasteiger partial charge is 0.345 e. The first-order valence-corrected chi connectivity index (χ1v) is 7.00. The molecule has 0 bridgehead atoms. The molecule has 0 radical (unpaired) electrons. The van der Waals surface area contributed by atoms with Crippen molar-refractivity contribution in [2.24, 2.45) is 7.05 Å². The Morgan fingerprint density at radius 3 is 2.50 bits per heavy atom. The fourth-order valence-corrected chi connectivity index (χ4v) is 2.29. The van der Waals surface area contributed by atoms with Gasteiger partial charge in [-0.25, -0.2) is 9.48 Å². The van der Waals surface area contributed by atoms with Crippen LogP contribution in [0.5, 0.6) is 0 Å². The number of hydrogen-bond donors (Lipinski definition) is 1. The van der Waals surface area contributed by atoms with Gasteiger partial charge in [0.05, 0.1) is 12.6 Å². The molecule has 1 N–H and O–H groups in total. The summed E-state index contributed by atoms with van der Waals surface area (Å²) in [7, 11) is 3.61. The van der Waals surface area contributed by atoms with Gasteiger partial charge in [0.15, 0.2) is 0 Å². The van der Waals surface area contributed by atoms with Crippen LogP contribution in [-0.4, -0.2) is 21.4 Å². The highest BCUT2D eigenvalue weighted by molar-refractivity contribution is 5.25. The van der Waals surface area contributed by atoms with E-state index in [9.17, 15) is 4.79 Å². The Kier molecular flexibility index (Phi) is 4.74. The highest BCUT2D eigenvalue weighted by Crippen LogP contribution is 2.15. The van der Waals surface area contributed by atoms with Crippen molar-refractivity contribution < 1.29 is 0 Å². The molecule has 1 aromatic carbocycles. The maximum Gasteiger partial charge on any atom is 0.345 e. The number of aromatic nitrogens is 3. The van der Waals surface area contributed by atoms with Gasteiger partial charge in [-0.1, -0.05) is 37.6 Å². The molecule has 1 unspecified atom stereocenters. The predicted molar refractivity (Wildman–Crippen MR) is 79.7 cm³/mol. The number of aryl methyl sites for hydroxylation is 2. The Morgan fingerprint density at radius 2 is 2.00 bits per heavy atom. The van der Waals surface area contributed by atoms with Crippen LogP contribution in [0.15, 0.2) is 35.4 Å². The van der Waals surface area contributed by atoms with Crippen molar-refractivity contribution in [1.82, 2.24) is 19.7 Å². The van der Waals surface area contributed by atoms with Gasteiger partial charge in [0.25, 0.3) is 0 Å². The second-order valence-electron chi connectivity index (χ2n) is 5.04. The van der Waals surface area contributed by atoms with Gasteiger partial charge in [-0.2, -0.15) is 5.10 Å². The smallest absolute Gasteiger partial charge is 0.311 e. The Balaban J connectivity index is 2.15. The molecule has 1 heterocycles. The molecular weight excluding hydrogens is 252 g/mol. The van der Waals surface area contributed by atoms with E-state index in [1.54, 1.807) is 13.4 Å². The van der Waals surface area contributed by atoms with Crippen LogP contribution in [0.4, 0.5) is 0 Å². The first-order valence-electron chi connectivity index (χ1n) is 7.00. The molecule has 5 nitrogen and oxygen atoms in total. The van der Waals surface area contributed by atoms with Crippen molar-refractivity contribution in [2.75, 3.05) is 7.05 Å². The van der Waals surface area contributed by atoms with Crippen molar-refractivity contribution in [3.05, 3.63) is 52.2 Å². The number of nitrogens with zero attached hydrogens (tertiary/aromatic N) is 3. The Morgan fingerprint density at radius 1 is 1.30 bits per heavy atom. The summed E-state index contributed by atoms with van der Waals surface area (Å²) in [6, 6.07) is 8.65. The van der Waals surface area contributed by atoms with E-state index in [0.717, 1.165) is 12.8 Å². The number of hydrogen-bond acceptors (Lipinski definition) is 3. The standard InChI is InChI=1S/C15H22N4O/c1-4-5-12-6-8-13(9-7-12)14(16-2)10-19-15(20)18(3)11-17-19/h6-9,11,14,16H,4-5,10H2,1-3H3. The van der Waals surface area contributed by atoms with Crippen molar-refractivity contribution in [3.63, 3.8) is 0 Å². The van der Waals surface area contributed by atoms with Gasteiger partial charge < -0.3 is 5.32 Å². The third-order valence-electron chi connectivity index (χ3n) is 3.51. The first-order chi connectivity index (χ1) is 9.65. The van der Waals surface area contributed by atoms with Gasteiger partial charge in [0.1, 0.15) is 6.33 Å². The summed E-state index contributed by atoms with van der Waals surface area (Å²) in [4.78, 5) is 11.8. The van der Waals surface area contributed by atoms with Crippen LogP contribution in [0.1, 0.15) is 30.5 Å². The van der Waals surface area contributed by atoms with E-state index in [-0.39, 0.29) is 11.7 Å². The molecule has 2 rings (SSSR count). The Labute approximate surface area is 119 Å². The minimum atomic E-state index is -0.0900. The maximum atomic E-state index is 11.8. The quantitative estimate of drug-likeness (QED) is 0.868. The summed E-state index contributed by atoms with van der Waals surface area (Å²) in [5.41, 5.74) is 2.43. The molecule has 20 heavy (non-hydrogen) atoms. The van der Waals surface area contributed by atoms with Crippen LogP contribution in [0.3, 0.4) is 0 Å². The molecule has 5 heteroatoms. The van der Waals surface area contributed by atoms with Crippen LogP contribution in [-0.2, 0) is 20.0 Å². The molecule has 0 spiro atoms. The minimum Gasteiger partial charge on any atom is -0.311 e. The van der Waals surface area contributed by atoms with E-state index in [0.29, 0.717) is 6.54 Å². The number of nitrogens with one attached hydrogen (secondary N) is 1. The molecular formula is C15H22N4O. The normalized spacial score (nSPS) is 12.6. The highest BCUT2D eigenvalue weighted by Gasteiger charge is 2.12. The Hall–Kier alpha value is -1.88. The number of likely N-dealkylation sites (N-methyl/N-ethyl adjacent to an activating group) is 1. The summed E-state index contributed by atoms with van der Waals surface area (Å²) >= 11 is 0. The van der Waals surface area contributed by atoms with Gasteiger partial charge in [0.2, 0.25) is 0 Å². The lowest BCUT2D eigenvalue weighted by atomic mass is 10.0. The van der Waals surface area contributed by atoms with Gasteiger partial charge in [-0.05, 0) is 24.6 Å². The average Bonchev–Trinajstić information content (AvgIpc) is 2.78. The van der Waals surface area contributed by atoms with Crippen LogP contribution < -0.4 is 11.0 Å². The predicted octanol–water partition coefficient (Wildman–Crippen LogP) is 1.49. The molecule has 108 valence electrons. The average molecular weight is 274 g/mol. The van der Waals surface area contributed by atoms with Crippen LogP contribution in [0.2, 0.25) is 0 Å². The zero-order valence-corrected chi connectivity index (χ0v) is 12.3. The van der Waals surface area contributed by atoms with Crippen LogP contribution >= 0.6 is 0 Å². The summed E-state index contributed by atoms with van der Waals surface area (Å²) < 4.78 is 2.97. The minimum absolute atomic E-state index is 0.0817. The van der Waals surface area contributed by atoms with E-state index >= 15 is 0 Å². The monoisotopic (exact) mass is 274 g/mol. The number of rotatable bonds is 6. The Bertz CT molecular complexity index is 597. The van der Waals surface area contributed by atoms with Crippen molar-refractivity contribution in [1.29, 1.82) is 0 Å². The second-order valence-corrected chi connectivity index (χ2v) is 5.04. The zero-order chi connectivity index (χ0) is 14.5. The highest BCUT2D eigenvalue weighted by atomic mass is 16.2. The van der Waals surface area contributed by atoms with Gasteiger partial charge >= 0.3 is 5.69 Å². The molecule has 1 aromatic heterocycles. The van der Waals surface area contributed by atoms with Crippen LogP contribution in [0, 0.1) is 0 Å². The summed E-state index contributed by atoms with van der Waals surface area (Å²) in [5.74, 6) is 0. The van der Waals surface area contributed by atoms with E-state index in [4.69, 9.17) is 0 Å².